The van der Waals surface area contributed by atoms with Crippen LogP contribution in [-0.2, 0) is 6.54 Å². The van der Waals surface area contributed by atoms with Gasteiger partial charge in [-0.15, -0.1) is 0 Å². The molecule has 112 valence electrons. The van der Waals surface area contributed by atoms with Crippen molar-refractivity contribution >= 4 is 29.0 Å². The minimum absolute atomic E-state index is 0.754. The van der Waals surface area contributed by atoms with Crippen LogP contribution in [0.15, 0.2) is 77.8 Å². The Labute approximate surface area is 135 Å². The second-order valence-electron chi connectivity index (χ2n) is 5.51. The number of fused-ring (bicyclic) bond motifs is 1. The molecule has 0 unspecified atom stereocenters. The Bertz CT molecular complexity index is 840. The van der Waals surface area contributed by atoms with Crippen molar-refractivity contribution in [1.82, 2.24) is 0 Å². The van der Waals surface area contributed by atoms with Gasteiger partial charge in [0.25, 0.3) is 0 Å². The van der Waals surface area contributed by atoms with Crippen molar-refractivity contribution in [3.63, 3.8) is 0 Å². The number of hydrogen-bond acceptors (Lipinski definition) is 3. The van der Waals surface area contributed by atoms with E-state index in [9.17, 15) is 0 Å². The smallest absolute Gasteiger partial charge is 0.0716 e. The van der Waals surface area contributed by atoms with Crippen molar-refractivity contribution in [3.05, 3.63) is 83.9 Å². The molecule has 0 spiro atoms. The number of hydrogen-bond donors (Lipinski definition) is 2. The first-order chi connectivity index (χ1) is 11.4. The largest absolute Gasteiger partial charge is 0.354 e. The number of nitrogens with zero attached hydrogens (tertiary/aromatic N) is 1. The molecular weight excluding hydrogens is 282 g/mol. The van der Waals surface area contributed by atoms with Gasteiger partial charge in [0.05, 0.1) is 17.9 Å². The van der Waals surface area contributed by atoms with E-state index in [4.69, 9.17) is 0 Å². The average molecular weight is 299 g/mol. The lowest BCUT2D eigenvalue weighted by atomic mass is 10.1. The van der Waals surface area contributed by atoms with Crippen LogP contribution < -0.4 is 10.6 Å². The van der Waals surface area contributed by atoms with E-state index in [-0.39, 0.29) is 0 Å². The maximum absolute atomic E-state index is 4.41. The van der Waals surface area contributed by atoms with Crippen LogP contribution in [0.2, 0.25) is 0 Å². The third-order valence-corrected chi connectivity index (χ3v) is 3.91. The van der Waals surface area contributed by atoms with Gasteiger partial charge in [-0.2, -0.15) is 0 Å². The number of nitrogens with one attached hydrogen (secondary N) is 2. The van der Waals surface area contributed by atoms with Gasteiger partial charge in [-0.1, -0.05) is 42.5 Å². The quantitative estimate of drug-likeness (QED) is 0.702. The molecule has 0 saturated carbocycles. The highest BCUT2D eigenvalue weighted by molar-refractivity contribution is 5.98. The lowest BCUT2D eigenvalue weighted by Gasteiger charge is -2.17. The third kappa shape index (κ3) is 2.81. The first-order valence-corrected chi connectivity index (χ1v) is 7.70. The van der Waals surface area contributed by atoms with E-state index in [1.165, 1.54) is 5.56 Å². The van der Waals surface area contributed by atoms with Crippen LogP contribution in [-0.4, -0.2) is 6.21 Å². The number of anilines is 4. The van der Waals surface area contributed by atoms with Gasteiger partial charge in [0.1, 0.15) is 0 Å². The highest BCUT2D eigenvalue weighted by atomic mass is 15.0. The molecule has 3 aromatic rings. The molecule has 0 aliphatic carbocycles. The molecule has 0 radical (unpaired) electrons. The summed E-state index contributed by atoms with van der Waals surface area (Å²) < 4.78 is 0. The average Bonchev–Trinajstić information content (AvgIpc) is 3.08. The van der Waals surface area contributed by atoms with Crippen LogP contribution >= 0.6 is 0 Å². The van der Waals surface area contributed by atoms with E-state index in [1.807, 2.05) is 42.6 Å². The Kier molecular flexibility index (Phi) is 3.53. The maximum atomic E-state index is 4.41. The Balaban J connectivity index is 1.75. The Hall–Kier alpha value is -3.07. The van der Waals surface area contributed by atoms with Crippen LogP contribution in [0, 0.1) is 0 Å². The van der Waals surface area contributed by atoms with Gasteiger partial charge in [0, 0.05) is 23.2 Å². The van der Waals surface area contributed by atoms with Gasteiger partial charge in [0.15, 0.2) is 0 Å². The molecule has 0 saturated heterocycles. The minimum atomic E-state index is 0.754. The van der Waals surface area contributed by atoms with Gasteiger partial charge in [0.2, 0.25) is 0 Å². The number of para-hydroxylation sites is 2. The minimum Gasteiger partial charge on any atom is -0.354 e. The molecule has 1 heterocycles. The summed E-state index contributed by atoms with van der Waals surface area (Å²) in [6.45, 7) is 0.754. The highest BCUT2D eigenvalue weighted by Gasteiger charge is 2.15. The fourth-order valence-electron chi connectivity index (χ4n) is 2.76. The monoisotopic (exact) mass is 299 g/mol. The number of aliphatic imine (C=N–C) groups is 1. The van der Waals surface area contributed by atoms with Crippen LogP contribution in [0.5, 0.6) is 0 Å². The number of benzene rings is 3. The predicted octanol–water partition coefficient (Wildman–Crippen LogP) is 5.11. The molecule has 1 aliphatic heterocycles. The molecule has 1 aliphatic rings. The zero-order valence-corrected chi connectivity index (χ0v) is 12.7. The molecule has 4 rings (SSSR count). The second-order valence-corrected chi connectivity index (χ2v) is 5.51. The lowest BCUT2D eigenvalue weighted by Crippen LogP contribution is -2.02. The predicted molar refractivity (Wildman–Crippen MR) is 97.2 cm³/mol. The van der Waals surface area contributed by atoms with Gasteiger partial charge in [-0.25, -0.2) is 0 Å². The van der Waals surface area contributed by atoms with Crippen molar-refractivity contribution in [2.24, 2.45) is 4.99 Å². The SMILES string of the molecule is C1=NCc2ccc(Nc3ccccc3)c(Nc3ccccc3)c21. The summed E-state index contributed by atoms with van der Waals surface area (Å²) in [5, 5.41) is 7.04. The van der Waals surface area contributed by atoms with Crippen LogP contribution in [0.3, 0.4) is 0 Å². The maximum Gasteiger partial charge on any atom is 0.0716 e. The van der Waals surface area contributed by atoms with Gasteiger partial charge >= 0.3 is 0 Å². The van der Waals surface area contributed by atoms with Crippen LogP contribution in [0.1, 0.15) is 11.1 Å². The van der Waals surface area contributed by atoms with E-state index >= 15 is 0 Å². The zero-order chi connectivity index (χ0) is 15.5. The summed E-state index contributed by atoms with van der Waals surface area (Å²) >= 11 is 0. The highest BCUT2D eigenvalue weighted by Crippen LogP contribution is 2.35. The zero-order valence-electron chi connectivity index (χ0n) is 12.7. The molecule has 2 N–H and O–H groups in total. The Morgan fingerprint density at radius 2 is 1.35 bits per heavy atom. The van der Waals surface area contributed by atoms with Gasteiger partial charge in [-0.3, -0.25) is 4.99 Å². The van der Waals surface area contributed by atoms with Crippen molar-refractivity contribution in [3.8, 4) is 0 Å². The van der Waals surface area contributed by atoms with Gasteiger partial charge in [-0.05, 0) is 35.9 Å². The molecule has 3 nitrogen and oxygen atoms in total. The fraction of sp³-hybridized carbons (Fsp3) is 0.0500. The Morgan fingerprint density at radius 1 is 0.696 bits per heavy atom. The molecule has 23 heavy (non-hydrogen) atoms. The summed E-state index contributed by atoms with van der Waals surface area (Å²) in [5.74, 6) is 0. The van der Waals surface area contributed by atoms with E-state index in [0.717, 1.165) is 34.9 Å². The van der Waals surface area contributed by atoms with E-state index in [0.29, 0.717) is 0 Å². The summed E-state index contributed by atoms with van der Waals surface area (Å²) in [5.41, 5.74) is 6.67. The van der Waals surface area contributed by atoms with Crippen molar-refractivity contribution < 1.29 is 0 Å². The molecule has 3 aromatic carbocycles. The molecule has 0 amide bonds. The molecule has 3 heteroatoms. The summed E-state index contributed by atoms with van der Waals surface area (Å²) in [4.78, 5) is 4.41. The van der Waals surface area contributed by atoms with E-state index < -0.39 is 0 Å². The van der Waals surface area contributed by atoms with Crippen LogP contribution in [0.4, 0.5) is 22.7 Å². The Morgan fingerprint density at radius 3 is 2.04 bits per heavy atom. The number of rotatable bonds is 4. The van der Waals surface area contributed by atoms with E-state index in [1.54, 1.807) is 0 Å². The molecule has 0 atom stereocenters. The lowest BCUT2D eigenvalue weighted by molar-refractivity contribution is 1.11. The topological polar surface area (TPSA) is 36.4 Å². The summed E-state index contributed by atoms with van der Waals surface area (Å²) in [6, 6.07) is 24.7. The molecule has 0 aromatic heterocycles. The standard InChI is InChI=1S/C20H17N3/c1-3-7-16(8-4-1)22-19-12-11-15-13-21-14-18(15)20(19)23-17-9-5-2-6-10-17/h1-12,14,22-23H,13H2. The van der Waals surface area contributed by atoms with Crippen molar-refractivity contribution in [2.45, 2.75) is 6.54 Å². The van der Waals surface area contributed by atoms with Crippen molar-refractivity contribution in [2.75, 3.05) is 10.6 Å². The molecule has 0 bridgehead atoms. The first-order valence-electron chi connectivity index (χ1n) is 7.70. The molecule has 0 fully saturated rings. The van der Waals surface area contributed by atoms with Crippen molar-refractivity contribution in [1.29, 1.82) is 0 Å². The van der Waals surface area contributed by atoms with Crippen LogP contribution in [0.25, 0.3) is 0 Å². The second kappa shape index (κ2) is 5.97. The summed E-state index contributed by atoms with van der Waals surface area (Å²) in [6.07, 6.45) is 1.96. The van der Waals surface area contributed by atoms with E-state index in [2.05, 4.69) is 52.0 Å². The third-order valence-electron chi connectivity index (χ3n) is 3.91. The summed E-state index contributed by atoms with van der Waals surface area (Å²) in [7, 11) is 0. The normalized spacial score (nSPS) is 12.0. The first kappa shape index (κ1) is 13.6. The molecular formula is C20H17N3. The fourth-order valence-corrected chi connectivity index (χ4v) is 2.76. The van der Waals surface area contributed by atoms with Gasteiger partial charge < -0.3 is 10.6 Å².